The molecule has 1 amide bonds. The highest BCUT2D eigenvalue weighted by Gasteiger charge is 2.19. The van der Waals surface area contributed by atoms with Crippen molar-refractivity contribution in [3.8, 4) is 0 Å². The molecule has 0 spiro atoms. The predicted octanol–water partition coefficient (Wildman–Crippen LogP) is 5.16. The second kappa shape index (κ2) is 8.51. The van der Waals surface area contributed by atoms with E-state index in [-0.39, 0.29) is 11.3 Å². The van der Waals surface area contributed by atoms with E-state index in [1.165, 1.54) is 38.5 Å². The zero-order valence-corrected chi connectivity index (χ0v) is 16.6. The minimum Gasteiger partial charge on any atom is -0.366 e. The fourth-order valence-electron chi connectivity index (χ4n) is 3.59. The molecule has 1 aromatic heterocycles. The van der Waals surface area contributed by atoms with E-state index in [9.17, 15) is 4.79 Å². The van der Waals surface area contributed by atoms with Gasteiger partial charge in [0.1, 0.15) is 11.5 Å². The summed E-state index contributed by atoms with van der Waals surface area (Å²) in [5.41, 5.74) is 2.18. The molecule has 0 saturated heterocycles. The van der Waals surface area contributed by atoms with E-state index in [1.54, 1.807) is 12.4 Å². The van der Waals surface area contributed by atoms with Crippen molar-refractivity contribution < 1.29 is 4.79 Å². The molecule has 0 atom stereocenters. The molecular formula is C22H30N4O. The van der Waals surface area contributed by atoms with E-state index >= 15 is 0 Å². The van der Waals surface area contributed by atoms with Crippen LogP contribution in [0.3, 0.4) is 0 Å². The molecule has 0 bridgehead atoms. The van der Waals surface area contributed by atoms with E-state index < -0.39 is 0 Å². The summed E-state index contributed by atoms with van der Waals surface area (Å²) < 4.78 is 0. The van der Waals surface area contributed by atoms with Crippen LogP contribution in [-0.2, 0) is 5.41 Å². The van der Waals surface area contributed by atoms with Crippen LogP contribution in [0.25, 0.3) is 0 Å². The maximum Gasteiger partial charge on any atom is 0.275 e. The van der Waals surface area contributed by atoms with Crippen LogP contribution < -0.4 is 10.6 Å². The number of nitrogens with zero attached hydrogens (tertiary/aromatic N) is 2. The van der Waals surface area contributed by atoms with Crippen molar-refractivity contribution in [2.75, 3.05) is 10.6 Å². The molecule has 0 radical (unpaired) electrons. The first-order chi connectivity index (χ1) is 12.9. The molecular weight excluding hydrogens is 336 g/mol. The number of hydrogen-bond donors (Lipinski definition) is 2. The minimum atomic E-state index is -0.236. The van der Waals surface area contributed by atoms with Gasteiger partial charge in [-0.05, 0) is 29.9 Å². The molecule has 27 heavy (non-hydrogen) atoms. The summed E-state index contributed by atoms with van der Waals surface area (Å²) in [6, 6.07) is 8.34. The fourth-order valence-corrected chi connectivity index (χ4v) is 3.59. The Morgan fingerprint density at radius 3 is 2.33 bits per heavy atom. The quantitative estimate of drug-likeness (QED) is 0.733. The second-order valence-corrected chi connectivity index (χ2v) is 8.37. The highest BCUT2D eigenvalue weighted by atomic mass is 16.1. The van der Waals surface area contributed by atoms with Crippen LogP contribution in [-0.4, -0.2) is 21.9 Å². The summed E-state index contributed by atoms with van der Waals surface area (Å²) in [5.74, 6) is 0.508. The number of rotatable bonds is 4. The van der Waals surface area contributed by atoms with E-state index in [0.29, 0.717) is 11.7 Å². The number of para-hydroxylation sites is 1. The standard InChI is InChI=1S/C22H30N4O/c1-22(2,3)17-12-8-9-13-18(17)26-21(27)19-14-24-20(15-23-19)25-16-10-6-4-5-7-11-16/h8-9,12-16H,4-7,10-11H2,1-3H3,(H,24,25)(H,26,27). The Labute approximate surface area is 162 Å². The van der Waals surface area contributed by atoms with Crippen molar-refractivity contribution in [2.24, 2.45) is 0 Å². The van der Waals surface area contributed by atoms with Gasteiger partial charge in [-0.25, -0.2) is 9.97 Å². The van der Waals surface area contributed by atoms with Crippen LogP contribution in [0, 0.1) is 0 Å². The molecule has 1 fully saturated rings. The van der Waals surface area contributed by atoms with Gasteiger partial charge < -0.3 is 10.6 Å². The van der Waals surface area contributed by atoms with Gasteiger partial charge in [-0.3, -0.25) is 4.79 Å². The molecule has 5 nitrogen and oxygen atoms in total. The van der Waals surface area contributed by atoms with Crippen LogP contribution in [0.1, 0.15) is 75.3 Å². The molecule has 144 valence electrons. The van der Waals surface area contributed by atoms with Gasteiger partial charge in [-0.2, -0.15) is 0 Å². The van der Waals surface area contributed by atoms with Crippen molar-refractivity contribution >= 4 is 17.4 Å². The summed E-state index contributed by atoms with van der Waals surface area (Å²) in [6.45, 7) is 6.39. The Morgan fingerprint density at radius 2 is 1.70 bits per heavy atom. The number of carbonyl (C=O) groups excluding carboxylic acids is 1. The van der Waals surface area contributed by atoms with Crippen LogP contribution >= 0.6 is 0 Å². The lowest BCUT2D eigenvalue weighted by atomic mass is 9.86. The highest BCUT2D eigenvalue weighted by molar-refractivity contribution is 6.03. The topological polar surface area (TPSA) is 66.9 Å². The van der Waals surface area contributed by atoms with Gasteiger partial charge >= 0.3 is 0 Å². The first kappa shape index (κ1) is 19.3. The van der Waals surface area contributed by atoms with Crippen molar-refractivity contribution in [1.82, 2.24) is 9.97 Å². The SMILES string of the molecule is CC(C)(C)c1ccccc1NC(=O)c1cnc(NC2CCCCCC2)cn1. The van der Waals surface area contributed by atoms with Gasteiger partial charge in [-0.15, -0.1) is 0 Å². The molecule has 1 saturated carbocycles. The average Bonchev–Trinajstić information content (AvgIpc) is 2.90. The number of anilines is 2. The van der Waals surface area contributed by atoms with E-state index in [4.69, 9.17) is 0 Å². The molecule has 1 aromatic carbocycles. The number of carbonyl (C=O) groups is 1. The molecule has 1 heterocycles. The van der Waals surface area contributed by atoms with Crippen molar-refractivity contribution in [2.45, 2.75) is 70.8 Å². The maximum atomic E-state index is 12.6. The summed E-state index contributed by atoms with van der Waals surface area (Å²) in [6.07, 6.45) is 10.7. The molecule has 0 aliphatic heterocycles. The molecule has 5 heteroatoms. The predicted molar refractivity (Wildman–Crippen MR) is 110 cm³/mol. The third-order valence-electron chi connectivity index (χ3n) is 5.07. The first-order valence-corrected chi connectivity index (χ1v) is 9.93. The normalized spacial score (nSPS) is 15.8. The number of nitrogens with one attached hydrogen (secondary N) is 2. The van der Waals surface area contributed by atoms with Crippen molar-refractivity contribution in [1.29, 1.82) is 0 Å². The van der Waals surface area contributed by atoms with Crippen LogP contribution in [0.5, 0.6) is 0 Å². The molecule has 3 rings (SSSR count). The zero-order valence-electron chi connectivity index (χ0n) is 16.6. The summed E-state index contributed by atoms with van der Waals surface area (Å²) >= 11 is 0. The summed E-state index contributed by atoms with van der Waals surface area (Å²) in [7, 11) is 0. The van der Waals surface area contributed by atoms with E-state index in [0.717, 1.165) is 17.1 Å². The monoisotopic (exact) mass is 366 g/mol. The Morgan fingerprint density at radius 1 is 1.00 bits per heavy atom. The molecule has 2 aromatic rings. The lowest BCUT2D eigenvalue weighted by molar-refractivity contribution is 0.102. The Bertz CT molecular complexity index is 757. The lowest BCUT2D eigenvalue weighted by Crippen LogP contribution is -2.21. The summed E-state index contributed by atoms with van der Waals surface area (Å²) in [4.78, 5) is 21.3. The minimum absolute atomic E-state index is 0.0535. The van der Waals surface area contributed by atoms with Crippen LogP contribution in [0.4, 0.5) is 11.5 Å². The molecule has 2 N–H and O–H groups in total. The van der Waals surface area contributed by atoms with E-state index in [1.807, 2.05) is 24.3 Å². The second-order valence-electron chi connectivity index (χ2n) is 8.37. The number of aromatic nitrogens is 2. The Balaban J connectivity index is 1.66. The maximum absolute atomic E-state index is 12.6. The van der Waals surface area contributed by atoms with Gasteiger partial charge in [0.25, 0.3) is 5.91 Å². The molecule has 1 aliphatic carbocycles. The zero-order chi connectivity index (χ0) is 19.3. The first-order valence-electron chi connectivity index (χ1n) is 9.93. The van der Waals surface area contributed by atoms with Gasteiger partial charge in [-0.1, -0.05) is 64.7 Å². The smallest absolute Gasteiger partial charge is 0.275 e. The van der Waals surface area contributed by atoms with E-state index in [2.05, 4.69) is 41.4 Å². The van der Waals surface area contributed by atoms with Gasteiger partial charge in [0.15, 0.2) is 0 Å². The third kappa shape index (κ3) is 5.28. The fraction of sp³-hybridized carbons (Fsp3) is 0.500. The lowest BCUT2D eigenvalue weighted by Gasteiger charge is -2.22. The van der Waals surface area contributed by atoms with Gasteiger partial charge in [0.2, 0.25) is 0 Å². The number of amides is 1. The number of hydrogen-bond acceptors (Lipinski definition) is 4. The van der Waals surface area contributed by atoms with Gasteiger partial charge in [0.05, 0.1) is 12.4 Å². The van der Waals surface area contributed by atoms with Crippen molar-refractivity contribution in [3.63, 3.8) is 0 Å². The molecule has 1 aliphatic rings. The van der Waals surface area contributed by atoms with Crippen molar-refractivity contribution in [3.05, 3.63) is 47.9 Å². The largest absolute Gasteiger partial charge is 0.366 e. The average molecular weight is 367 g/mol. The Hall–Kier alpha value is -2.43. The Kier molecular flexibility index (Phi) is 6.09. The summed E-state index contributed by atoms with van der Waals surface area (Å²) in [5, 5.41) is 6.44. The van der Waals surface area contributed by atoms with Crippen LogP contribution in [0.15, 0.2) is 36.7 Å². The van der Waals surface area contributed by atoms with Gasteiger partial charge in [0, 0.05) is 11.7 Å². The van der Waals surface area contributed by atoms with Crippen LogP contribution in [0.2, 0.25) is 0 Å². The highest BCUT2D eigenvalue weighted by Crippen LogP contribution is 2.29. The third-order valence-corrected chi connectivity index (χ3v) is 5.07. The number of benzene rings is 1. The molecule has 0 unspecified atom stereocenters.